The fourth-order valence-corrected chi connectivity index (χ4v) is 3.68. The number of nitrogens with zero attached hydrogens (tertiary/aromatic N) is 4. The summed E-state index contributed by atoms with van der Waals surface area (Å²) in [5.74, 6) is 0.772. The summed E-state index contributed by atoms with van der Waals surface area (Å²) < 4.78 is 7.19. The van der Waals surface area contributed by atoms with Crippen LogP contribution in [0.25, 0.3) is 16.9 Å². The Labute approximate surface area is 184 Å². The van der Waals surface area contributed by atoms with Gasteiger partial charge in [-0.15, -0.1) is 0 Å². The van der Waals surface area contributed by atoms with Crippen LogP contribution in [-0.2, 0) is 0 Å². The van der Waals surface area contributed by atoms with Crippen LogP contribution in [0.5, 0.6) is 5.75 Å². The topological polar surface area (TPSA) is 112 Å². The Morgan fingerprint density at radius 1 is 1.19 bits per heavy atom. The Morgan fingerprint density at radius 2 is 1.97 bits per heavy atom. The second-order valence-corrected chi connectivity index (χ2v) is 7.20. The molecule has 0 aliphatic heterocycles. The molecule has 0 fully saturated rings. The maximum absolute atomic E-state index is 11.4. The molecule has 158 valence electrons. The normalized spacial score (nSPS) is 10.9. The van der Waals surface area contributed by atoms with Gasteiger partial charge in [0.25, 0.3) is 0 Å². The van der Waals surface area contributed by atoms with E-state index in [-0.39, 0.29) is 0 Å². The fraction of sp³-hybridized carbons (Fsp3) is 0.136. The molecule has 0 unspecified atom stereocenters. The molecule has 4 aromatic rings. The summed E-state index contributed by atoms with van der Waals surface area (Å²) in [6.07, 6.45) is 5.32. The minimum absolute atomic E-state index is 0.405. The van der Waals surface area contributed by atoms with E-state index in [0.717, 1.165) is 16.9 Å². The van der Waals surface area contributed by atoms with Crippen molar-refractivity contribution in [3.8, 4) is 17.0 Å². The van der Waals surface area contributed by atoms with Crippen molar-refractivity contribution in [3.05, 3.63) is 71.6 Å². The molecule has 8 nitrogen and oxygen atoms in total. The lowest BCUT2D eigenvalue weighted by Crippen LogP contribution is -2.26. The summed E-state index contributed by atoms with van der Waals surface area (Å²) in [7, 11) is 1.58. The first-order valence-electron chi connectivity index (χ1n) is 9.57. The quantitative estimate of drug-likeness (QED) is 0.460. The summed E-state index contributed by atoms with van der Waals surface area (Å²) in [4.78, 5) is 22.5. The zero-order valence-electron chi connectivity index (χ0n) is 16.8. The molecule has 2 aromatic heterocycles. The first-order chi connectivity index (χ1) is 15.0. The van der Waals surface area contributed by atoms with Gasteiger partial charge in [0, 0.05) is 42.3 Å². The van der Waals surface area contributed by atoms with E-state index >= 15 is 0 Å². The van der Waals surface area contributed by atoms with Crippen LogP contribution in [0.4, 0.5) is 11.5 Å². The van der Waals surface area contributed by atoms with Crippen LogP contribution in [0.1, 0.15) is 10.4 Å². The number of carbonyl (C=O) groups excluding carboxylic acids is 1. The van der Waals surface area contributed by atoms with Crippen LogP contribution < -0.4 is 21.1 Å². The molecular weight excluding hydrogens is 416 g/mol. The van der Waals surface area contributed by atoms with Gasteiger partial charge >= 0.3 is 0 Å². The molecule has 0 aliphatic rings. The van der Waals surface area contributed by atoms with Crippen LogP contribution in [0.15, 0.2) is 61.1 Å². The third kappa shape index (κ3) is 3.90. The lowest BCUT2D eigenvalue weighted by atomic mass is 10.1. The Balaban J connectivity index is 1.80. The Kier molecular flexibility index (Phi) is 5.75. The maximum Gasteiger partial charge on any atom is 0.248 e. The predicted molar refractivity (Wildman–Crippen MR) is 121 cm³/mol. The molecule has 0 saturated heterocycles. The number of aromatic nitrogens is 3. The van der Waals surface area contributed by atoms with Gasteiger partial charge in [-0.25, -0.2) is 9.97 Å². The Bertz CT molecular complexity index is 1240. The average molecular weight is 437 g/mol. The molecule has 0 radical (unpaired) electrons. The fourth-order valence-electron chi connectivity index (χ4n) is 3.43. The molecular formula is C22H21ClN6O2. The van der Waals surface area contributed by atoms with E-state index in [2.05, 4.69) is 9.97 Å². The minimum Gasteiger partial charge on any atom is -0.495 e. The van der Waals surface area contributed by atoms with E-state index in [1.807, 2.05) is 45.8 Å². The minimum atomic E-state index is -0.479. The van der Waals surface area contributed by atoms with Crippen molar-refractivity contribution in [2.75, 3.05) is 25.1 Å². The second-order valence-electron chi connectivity index (χ2n) is 6.79. The molecule has 31 heavy (non-hydrogen) atoms. The summed E-state index contributed by atoms with van der Waals surface area (Å²) in [6.45, 7) is 0.918. The average Bonchev–Trinajstić information content (AvgIpc) is 3.22. The number of rotatable bonds is 7. The summed E-state index contributed by atoms with van der Waals surface area (Å²) in [6, 6.07) is 12.6. The van der Waals surface area contributed by atoms with Gasteiger partial charge in [-0.05, 0) is 42.5 Å². The number of hydrogen-bond acceptors (Lipinski definition) is 6. The Morgan fingerprint density at radius 3 is 2.61 bits per heavy atom. The van der Waals surface area contributed by atoms with Gasteiger partial charge in [-0.1, -0.05) is 11.6 Å². The van der Waals surface area contributed by atoms with Gasteiger partial charge in [-0.3, -0.25) is 9.20 Å². The van der Waals surface area contributed by atoms with E-state index < -0.39 is 5.91 Å². The number of benzene rings is 2. The van der Waals surface area contributed by atoms with Crippen LogP contribution in [0.2, 0.25) is 5.02 Å². The lowest BCUT2D eigenvalue weighted by Gasteiger charge is -2.23. The molecule has 0 aliphatic carbocycles. The Hall–Kier alpha value is -3.62. The number of ether oxygens (including phenoxy) is 1. The van der Waals surface area contributed by atoms with E-state index in [0.29, 0.717) is 40.9 Å². The molecule has 0 atom stereocenters. The number of halogens is 1. The number of methoxy groups -OCH3 is 1. The van der Waals surface area contributed by atoms with Crippen molar-refractivity contribution in [1.29, 1.82) is 0 Å². The molecule has 9 heteroatoms. The molecule has 0 saturated carbocycles. The van der Waals surface area contributed by atoms with Crippen molar-refractivity contribution in [2.45, 2.75) is 0 Å². The number of hydrogen-bond donors (Lipinski definition) is 2. The number of carbonyl (C=O) groups is 1. The van der Waals surface area contributed by atoms with E-state index in [1.54, 1.807) is 31.6 Å². The van der Waals surface area contributed by atoms with Crippen LogP contribution in [0, 0.1) is 0 Å². The second kappa shape index (κ2) is 8.63. The molecule has 4 N–H and O–H groups in total. The summed E-state index contributed by atoms with van der Waals surface area (Å²) in [5.41, 5.74) is 14.9. The van der Waals surface area contributed by atoms with Gasteiger partial charge in [0.2, 0.25) is 5.91 Å². The predicted octanol–water partition coefficient (Wildman–Crippen LogP) is 3.25. The number of nitrogens with two attached hydrogens (primary N) is 2. The van der Waals surface area contributed by atoms with Crippen LogP contribution >= 0.6 is 11.6 Å². The maximum atomic E-state index is 11.4. The van der Waals surface area contributed by atoms with Crippen molar-refractivity contribution in [2.24, 2.45) is 11.5 Å². The van der Waals surface area contributed by atoms with Gasteiger partial charge in [0.1, 0.15) is 5.75 Å². The smallest absolute Gasteiger partial charge is 0.248 e. The van der Waals surface area contributed by atoms with Gasteiger partial charge in [0.15, 0.2) is 11.5 Å². The van der Waals surface area contributed by atoms with E-state index in [9.17, 15) is 4.79 Å². The van der Waals surface area contributed by atoms with Crippen molar-refractivity contribution in [3.63, 3.8) is 0 Å². The van der Waals surface area contributed by atoms with Crippen LogP contribution in [-0.4, -0.2) is 40.5 Å². The molecule has 0 bridgehead atoms. The first-order valence-corrected chi connectivity index (χ1v) is 9.94. The number of fused-ring (bicyclic) bond motifs is 1. The van der Waals surface area contributed by atoms with Crippen LogP contribution in [0.3, 0.4) is 0 Å². The standard InChI is InChI=1S/C22H21ClN6O2/c1-31-19-7-4-15(12-17(19)23)18-13-27-22-21(26-9-11-29(18)22)28(10-8-24)16-5-2-14(3-6-16)20(25)30/h2-7,9,11-13H,8,10,24H2,1H3,(H2,25,30). The van der Waals surface area contributed by atoms with Gasteiger partial charge in [-0.2, -0.15) is 0 Å². The molecule has 0 spiro atoms. The van der Waals surface area contributed by atoms with Crippen molar-refractivity contribution >= 4 is 34.7 Å². The number of imidazole rings is 1. The highest BCUT2D eigenvalue weighted by Gasteiger charge is 2.18. The van der Waals surface area contributed by atoms with Gasteiger partial charge in [0.05, 0.1) is 24.0 Å². The highest BCUT2D eigenvalue weighted by molar-refractivity contribution is 6.32. The third-order valence-corrected chi connectivity index (χ3v) is 5.22. The van der Waals surface area contributed by atoms with E-state index in [4.69, 9.17) is 27.8 Å². The number of anilines is 2. The number of primary amides is 1. The molecule has 1 amide bonds. The lowest BCUT2D eigenvalue weighted by molar-refractivity contribution is 0.100. The highest BCUT2D eigenvalue weighted by Crippen LogP contribution is 2.33. The van der Waals surface area contributed by atoms with Crippen molar-refractivity contribution in [1.82, 2.24) is 14.4 Å². The number of amides is 1. The highest BCUT2D eigenvalue weighted by atomic mass is 35.5. The largest absolute Gasteiger partial charge is 0.495 e. The SMILES string of the molecule is COc1ccc(-c2cnc3c(N(CCN)c4ccc(C(N)=O)cc4)nccn23)cc1Cl. The summed E-state index contributed by atoms with van der Waals surface area (Å²) in [5, 5.41) is 0.517. The van der Waals surface area contributed by atoms with Gasteiger partial charge < -0.3 is 21.1 Å². The molecule has 2 heterocycles. The molecule has 4 rings (SSSR count). The first kappa shape index (κ1) is 20.6. The summed E-state index contributed by atoms with van der Waals surface area (Å²) >= 11 is 6.31. The zero-order chi connectivity index (χ0) is 22.0. The van der Waals surface area contributed by atoms with Crippen molar-refractivity contribution < 1.29 is 9.53 Å². The molecule has 2 aromatic carbocycles. The monoisotopic (exact) mass is 436 g/mol. The van der Waals surface area contributed by atoms with E-state index in [1.165, 1.54) is 0 Å². The zero-order valence-corrected chi connectivity index (χ0v) is 17.6. The third-order valence-electron chi connectivity index (χ3n) is 4.93.